The van der Waals surface area contributed by atoms with Gasteiger partial charge in [0.2, 0.25) is 0 Å². The molecule has 0 saturated heterocycles. The fraction of sp³-hybridized carbons (Fsp3) is 0.176. The number of carbonyl (C=O) groups excluding carboxylic acids is 1. The zero-order valence-electron chi connectivity index (χ0n) is 12.0. The average molecular weight is 312 g/mol. The van der Waals surface area contributed by atoms with Crippen LogP contribution in [-0.4, -0.2) is 22.4 Å². The van der Waals surface area contributed by atoms with Gasteiger partial charge in [-0.15, -0.1) is 11.3 Å². The van der Waals surface area contributed by atoms with E-state index < -0.39 is 0 Å². The number of thiophene rings is 1. The summed E-state index contributed by atoms with van der Waals surface area (Å²) in [4.78, 5) is 12.9. The highest BCUT2D eigenvalue weighted by Gasteiger charge is 2.15. The van der Waals surface area contributed by atoms with Gasteiger partial charge in [0.15, 0.2) is 0 Å². The van der Waals surface area contributed by atoms with Gasteiger partial charge in [-0.25, -0.2) is 4.79 Å². The molecule has 3 rings (SSSR count). The second kappa shape index (κ2) is 7.04. The molecular formula is C17H16N2O2S. The summed E-state index contributed by atoms with van der Waals surface area (Å²) >= 11 is 1.42. The minimum Gasteiger partial charge on any atom is -0.461 e. The van der Waals surface area contributed by atoms with Crippen molar-refractivity contribution >= 4 is 17.3 Å². The number of ether oxygens (including phenoxy) is 1. The third kappa shape index (κ3) is 3.43. The molecule has 22 heavy (non-hydrogen) atoms. The van der Waals surface area contributed by atoms with Crippen molar-refractivity contribution in [1.82, 2.24) is 9.78 Å². The van der Waals surface area contributed by atoms with Crippen LogP contribution in [0.5, 0.6) is 0 Å². The van der Waals surface area contributed by atoms with Gasteiger partial charge in [-0.05, 0) is 23.1 Å². The zero-order valence-corrected chi connectivity index (χ0v) is 12.8. The van der Waals surface area contributed by atoms with E-state index in [0.717, 1.165) is 24.1 Å². The number of esters is 1. The van der Waals surface area contributed by atoms with Crippen molar-refractivity contribution in [3.05, 3.63) is 65.1 Å². The Kier molecular flexibility index (Phi) is 4.65. The molecule has 0 unspecified atom stereocenters. The first-order valence-corrected chi connectivity index (χ1v) is 8.00. The Morgan fingerprint density at radius 2 is 2.05 bits per heavy atom. The van der Waals surface area contributed by atoms with Crippen molar-refractivity contribution in [2.75, 3.05) is 6.61 Å². The molecule has 0 spiro atoms. The molecule has 0 aliphatic heterocycles. The highest BCUT2D eigenvalue weighted by Crippen LogP contribution is 2.28. The molecule has 2 aromatic heterocycles. The largest absolute Gasteiger partial charge is 0.461 e. The Morgan fingerprint density at radius 1 is 1.18 bits per heavy atom. The maximum atomic E-state index is 12.2. The van der Waals surface area contributed by atoms with E-state index in [1.54, 1.807) is 6.20 Å². The van der Waals surface area contributed by atoms with E-state index in [1.165, 1.54) is 11.3 Å². The molecule has 0 fully saturated rings. The summed E-state index contributed by atoms with van der Waals surface area (Å²) in [5, 5.41) is 6.03. The molecule has 112 valence electrons. The molecule has 0 aliphatic carbocycles. The predicted molar refractivity (Wildman–Crippen MR) is 86.9 cm³/mol. The minimum atomic E-state index is -0.255. The molecule has 0 bridgehead atoms. The molecule has 0 saturated carbocycles. The van der Waals surface area contributed by atoms with Crippen molar-refractivity contribution in [3.8, 4) is 11.1 Å². The van der Waals surface area contributed by atoms with Crippen molar-refractivity contribution in [1.29, 1.82) is 0 Å². The molecule has 1 aromatic carbocycles. The van der Waals surface area contributed by atoms with E-state index >= 15 is 0 Å². The molecule has 2 heterocycles. The Morgan fingerprint density at radius 3 is 2.82 bits per heavy atom. The van der Waals surface area contributed by atoms with E-state index in [9.17, 15) is 4.79 Å². The third-order valence-corrected chi connectivity index (χ3v) is 4.15. The monoisotopic (exact) mass is 312 g/mol. The number of nitrogens with zero attached hydrogens (tertiary/aromatic N) is 2. The third-order valence-electron chi connectivity index (χ3n) is 3.26. The first-order valence-electron chi connectivity index (χ1n) is 7.12. The van der Waals surface area contributed by atoms with E-state index in [0.29, 0.717) is 11.5 Å². The molecule has 5 heteroatoms. The lowest BCUT2D eigenvalue weighted by atomic mass is 10.1. The number of carbonyl (C=O) groups is 1. The lowest BCUT2D eigenvalue weighted by molar-refractivity contribution is 0.0501. The van der Waals surface area contributed by atoms with Crippen molar-refractivity contribution < 1.29 is 9.53 Å². The van der Waals surface area contributed by atoms with Gasteiger partial charge in [-0.3, -0.25) is 4.68 Å². The number of aromatic nitrogens is 2. The fourth-order valence-electron chi connectivity index (χ4n) is 2.20. The number of aryl methyl sites for hydroxylation is 1. The normalized spacial score (nSPS) is 10.5. The maximum absolute atomic E-state index is 12.2. The second-order valence-corrected chi connectivity index (χ2v) is 5.70. The van der Waals surface area contributed by atoms with Crippen LogP contribution in [0, 0.1) is 0 Å². The fourth-order valence-corrected chi connectivity index (χ4v) is 3.01. The number of hydrogen-bond donors (Lipinski definition) is 0. The highest BCUT2D eigenvalue weighted by atomic mass is 32.1. The van der Waals surface area contributed by atoms with Crippen LogP contribution in [0.3, 0.4) is 0 Å². The molecule has 4 nitrogen and oxygen atoms in total. The van der Waals surface area contributed by atoms with E-state index in [1.807, 2.05) is 58.7 Å². The minimum absolute atomic E-state index is 0.255. The van der Waals surface area contributed by atoms with Gasteiger partial charge in [0.05, 0.1) is 6.61 Å². The Bertz CT molecular complexity index is 720. The Hall–Kier alpha value is -2.40. The summed E-state index contributed by atoms with van der Waals surface area (Å²) in [5.41, 5.74) is 1.97. The van der Waals surface area contributed by atoms with Gasteiger partial charge in [0, 0.05) is 30.9 Å². The summed E-state index contributed by atoms with van der Waals surface area (Å²) < 4.78 is 7.20. The quantitative estimate of drug-likeness (QED) is 0.513. The van der Waals surface area contributed by atoms with Crippen LogP contribution >= 0.6 is 11.3 Å². The van der Waals surface area contributed by atoms with Crippen molar-refractivity contribution in [3.63, 3.8) is 0 Å². The van der Waals surface area contributed by atoms with Gasteiger partial charge in [0.1, 0.15) is 4.88 Å². The summed E-state index contributed by atoms with van der Waals surface area (Å²) in [6.07, 6.45) is 4.39. The van der Waals surface area contributed by atoms with Crippen LogP contribution < -0.4 is 0 Å². The lowest BCUT2D eigenvalue weighted by Gasteiger charge is -2.06. The van der Waals surface area contributed by atoms with Crippen LogP contribution in [0.4, 0.5) is 0 Å². The number of hydrogen-bond acceptors (Lipinski definition) is 4. The van der Waals surface area contributed by atoms with Gasteiger partial charge in [0.25, 0.3) is 0 Å². The molecule has 3 aromatic rings. The van der Waals surface area contributed by atoms with Crippen LogP contribution in [0.1, 0.15) is 16.1 Å². The van der Waals surface area contributed by atoms with Gasteiger partial charge in [-0.2, -0.15) is 5.10 Å². The zero-order chi connectivity index (χ0) is 15.2. The average Bonchev–Trinajstić information content (AvgIpc) is 3.23. The SMILES string of the molecule is O=C(OCCCn1cccn1)c1sccc1-c1ccccc1. The molecule has 0 amide bonds. The summed E-state index contributed by atoms with van der Waals surface area (Å²) in [6, 6.07) is 13.7. The van der Waals surface area contributed by atoms with Crippen molar-refractivity contribution in [2.24, 2.45) is 0 Å². The molecule has 0 aliphatic rings. The summed E-state index contributed by atoms with van der Waals surface area (Å²) in [6.45, 7) is 1.14. The number of rotatable bonds is 6. The van der Waals surface area contributed by atoms with Gasteiger partial charge >= 0.3 is 5.97 Å². The second-order valence-electron chi connectivity index (χ2n) is 4.79. The van der Waals surface area contributed by atoms with Gasteiger partial charge < -0.3 is 4.74 Å². The van der Waals surface area contributed by atoms with E-state index in [-0.39, 0.29) is 5.97 Å². The van der Waals surface area contributed by atoms with E-state index in [4.69, 9.17) is 4.74 Å². The maximum Gasteiger partial charge on any atom is 0.348 e. The first kappa shape index (κ1) is 14.5. The summed E-state index contributed by atoms with van der Waals surface area (Å²) in [5.74, 6) is -0.255. The van der Waals surface area contributed by atoms with Gasteiger partial charge in [-0.1, -0.05) is 30.3 Å². The van der Waals surface area contributed by atoms with Crippen LogP contribution in [0.25, 0.3) is 11.1 Å². The summed E-state index contributed by atoms with van der Waals surface area (Å²) in [7, 11) is 0. The molecular weight excluding hydrogens is 296 g/mol. The standard InChI is InChI=1S/C17H16N2O2S/c20-17(21-12-5-11-19-10-4-9-18-19)16-15(8-13-22-16)14-6-2-1-3-7-14/h1-4,6-10,13H,5,11-12H2. The Labute approximate surface area is 133 Å². The Balaban J connectivity index is 1.58. The first-order chi connectivity index (χ1) is 10.8. The molecule has 0 atom stereocenters. The number of benzene rings is 1. The van der Waals surface area contributed by atoms with Crippen LogP contribution in [-0.2, 0) is 11.3 Å². The lowest BCUT2D eigenvalue weighted by Crippen LogP contribution is -2.08. The van der Waals surface area contributed by atoms with Crippen molar-refractivity contribution in [2.45, 2.75) is 13.0 Å². The molecule has 0 radical (unpaired) electrons. The topological polar surface area (TPSA) is 44.1 Å². The highest BCUT2D eigenvalue weighted by molar-refractivity contribution is 7.12. The van der Waals surface area contributed by atoms with Crippen LogP contribution in [0.2, 0.25) is 0 Å². The molecule has 0 N–H and O–H groups in total. The van der Waals surface area contributed by atoms with Crippen LogP contribution in [0.15, 0.2) is 60.2 Å². The predicted octanol–water partition coefficient (Wildman–Crippen LogP) is 3.86. The van der Waals surface area contributed by atoms with E-state index in [2.05, 4.69) is 5.10 Å². The smallest absolute Gasteiger partial charge is 0.348 e.